The van der Waals surface area contributed by atoms with Gasteiger partial charge in [-0.25, -0.2) is 0 Å². The SMILES string of the molecule is CCCCCCCCNC1CC1(C)C. The summed E-state index contributed by atoms with van der Waals surface area (Å²) in [4.78, 5) is 0. The van der Waals surface area contributed by atoms with Crippen molar-refractivity contribution in [2.24, 2.45) is 5.41 Å². The van der Waals surface area contributed by atoms with Crippen molar-refractivity contribution in [2.75, 3.05) is 6.54 Å². The van der Waals surface area contributed by atoms with Gasteiger partial charge in [0.1, 0.15) is 0 Å². The standard InChI is InChI=1S/C13H27N/c1-4-5-6-7-8-9-10-14-12-11-13(12,2)3/h12,14H,4-11H2,1-3H3. The van der Waals surface area contributed by atoms with E-state index in [-0.39, 0.29) is 0 Å². The summed E-state index contributed by atoms with van der Waals surface area (Å²) < 4.78 is 0. The molecular weight excluding hydrogens is 170 g/mol. The summed E-state index contributed by atoms with van der Waals surface area (Å²) in [6.45, 7) is 8.22. The van der Waals surface area contributed by atoms with E-state index in [2.05, 4.69) is 26.1 Å². The summed E-state index contributed by atoms with van der Waals surface area (Å²) in [6.07, 6.45) is 9.81. The largest absolute Gasteiger partial charge is 0.313 e. The minimum absolute atomic E-state index is 0.599. The van der Waals surface area contributed by atoms with Crippen molar-refractivity contribution >= 4 is 0 Å². The lowest BCUT2D eigenvalue weighted by atomic mass is 10.1. The van der Waals surface area contributed by atoms with Crippen molar-refractivity contribution in [1.29, 1.82) is 0 Å². The molecule has 1 unspecified atom stereocenters. The van der Waals surface area contributed by atoms with Crippen LogP contribution in [0.3, 0.4) is 0 Å². The van der Waals surface area contributed by atoms with Crippen LogP contribution in [0.1, 0.15) is 65.7 Å². The molecule has 0 spiro atoms. The Bertz CT molecular complexity index is 151. The molecule has 0 aliphatic heterocycles. The minimum atomic E-state index is 0.599. The summed E-state index contributed by atoms with van der Waals surface area (Å²) in [5, 5.41) is 3.64. The maximum absolute atomic E-state index is 3.64. The monoisotopic (exact) mass is 197 g/mol. The fourth-order valence-corrected chi connectivity index (χ4v) is 2.00. The molecule has 1 N–H and O–H groups in total. The highest BCUT2D eigenvalue weighted by atomic mass is 15.0. The highest BCUT2D eigenvalue weighted by Gasteiger charge is 2.44. The second-order valence-corrected chi connectivity index (χ2v) is 5.47. The Balaban J connectivity index is 1.77. The first-order valence-corrected chi connectivity index (χ1v) is 6.40. The summed E-state index contributed by atoms with van der Waals surface area (Å²) in [7, 11) is 0. The maximum atomic E-state index is 3.64. The van der Waals surface area contributed by atoms with Crippen LogP contribution in [-0.4, -0.2) is 12.6 Å². The van der Waals surface area contributed by atoms with E-state index in [0.29, 0.717) is 5.41 Å². The predicted octanol–water partition coefficient (Wildman–Crippen LogP) is 3.74. The van der Waals surface area contributed by atoms with Crippen LogP contribution in [0, 0.1) is 5.41 Å². The summed E-state index contributed by atoms with van der Waals surface area (Å²) in [5.74, 6) is 0. The quantitative estimate of drug-likeness (QED) is 0.585. The maximum Gasteiger partial charge on any atom is 0.0124 e. The number of hydrogen-bond donors (Lipinski definition) is 1. The molecule has 1 saturated carbocycles. The molecule has 0 amide bonds. The van der Waals surface area contributed by atoms with Crippen LogP contribution >= 0.6 is 0 Å². The first-order chi connectivity index (χ1) is 6.67. The molecule has 0 aromatic carbocycles. The molecule has 0 radical (unpaired) electrons. The molecule has 1 fully saturated rings. The number of unbranched alkanes of at least 4 members (excludes halogenated alkanes) is 5. The van der Waals surface area contributed by atoms with Gasteiger partial charge in [0.25, 0.3) is 0 Å². The Morgan fingerprint density at radius 1 is 1.07 bits per heavy atom. The molecule has 1 heteroatoms. The van der Waals surface area contributed by atoms with E-state index in [1.807, 2.05) is 0 Å². The first-order valence-electron chi connectivity index (χ1n) is 6.40. The van der Waals surface area contributed by atoms with Crippen LogP contribution in [0.5, 0.6) is 0 Å². The lowest BCUT2D eigenvalue weighted by Crippen LogP contribution is -2.21. The molecule has 0 aromatic heterocycles. The third kappa shape index (κ3) is 4.45. The van der Waals surface area contributed by atoms with E-state index in [0.717, 1.165) is 6.04 Å². The normalized spacial score (nSPS) is 23.8. The Labute approximate surface area is 89.7 Å². The summed E-state index contributed by atoms with van der Waals surface area (Å²) in [5.41, 5.74) is 0.599. The van der Waals surface area contributed by atoms with Crippen LogP contribution in [0.2, 0.25) is 0 Å². The summed E-state index contributed by atoms with van der Waals surface area (Å²) in [6, 6.07) is 0.818. The molecule has 0 aromatic rings. The van der Waals surface area contributed by atoms with Gasteiger partial charge in [-0.15, -0.1) is 0 Å². The zero-order chi connectivity index (χ0) is 10.4. The fraction of sp³-hybridized carbons (Fsp3) is 1.00. The average molecular weight is 197 g/mol. The van der Waals surface area contributed by atoms with Gasteiger partial charge < -0.3 is 5.32 Å². The second-order valence-electron chi connectivity index (χ2n) is 5.47. The van der Waals surface area contributed by atoms with Crippen molar-refractivity contribution < 1.29 is 0 Å². The fourth-order valence-electron chi connectivity index (χ4n) is 2.00. The van der Waals surface area contributed by atoms with Crippen molar-refractivity contribution in [1.82, 2.24) is 5.32 Å². The zero-order valence-electron chi connectivity index (χ0n) is 10.2. The van der Waals surface area contributed by atoms with E-state index in [4.69, 9.17) is 0 Å². The molecular formula is C13H27N. The molecule has 0 saturated heterocycles. The molecule has 14 heavy (non-hydrogen) atoms. The number of rotatable bonds is 8. The van der Waals surface area contributed by atoms with Crippen molar-refractivity contribution in [3.63, 3.8) is 0 Å². The minimum Gasteiger partial charge on any atom is -0.313 e. The Morgan fingerprint density at radius 3 is 2.21 bits per heavy atom. The van der Waals surface area contributed by atoms with Gasteiger partial charge in [0.05, 0.1) is 0 Å². The van der Waals surface area contributed by atoms with Crippen molar-refractivity contribution in [3.8, 4) is 0 Å². The topological polar surface area (TPSA) is 12.0 Å². The van der Waals surface area contributed by atoms with E-state index < -0.39 is 0 Å². The third-order valence-corrected chi connectivity index (χ3v) is 3.43. The van der Waals surface area contributed by atoms with Crippen LogP contribution in [0.4, 0.5) is 0 Å². The lowest BCUT2D eigenvalue weighted by Gasteiger charge is -2.06. The average Bonchev–Trinajstić information content (AvgIpc) is 2.73. The molecule has 1 aliphatic rings. The van der Waals surface area contributed by atoms with Gasteiger partial charge in [-0.2, -0.15) is 0 Å². The van der Waals surface area contributed by atoms with Gasteiger partial charge >= 0.3 is 0 Å². The molecule has 1 nitrogen and oxygen atoms in total. The highest BCUT2D eigenvalue weighted by molar-refractivity contribution is 5.01. The Morgan fingerprint density at radius 2 is 1.64 bits per heavy atom. The van der Waals surface area contributed by atoms with Gasteiger partial charge in [0.2, 0.25) is 0 Å². The van der Waals surface area contributed by atoms with E-state index in [9.17, 15) is 0 Å². The molecule has 1 atom stereocenters. The number of nitrogens with one attached hydrogen (secondary N) is 1. The van der Waals surface area contributed by atoms with Gasteiger partial charge in [0.15, 0.2) is 0 Å². The molecule has 84 valence electrons. The van der Waals surface area contributed by atoms with E-state index >= 15 is 0 Å². The van der Waals surface area contributed by atoms with Gasteiger partial charge in [-0.3, -0.25) is 0 Å². The van der Waals surface area contributed by atoms with Crippen LogP contribution in [-0.2, 0) is 0 Å². The van der Waals surface area contributed by atoms with Crippen molar-refractivity contribution in [3.05, 3.63) is 0 Å². The highest BCUT2D eigenvalue weighted by Crippen LogP contribution is 2.44. The predicted molar refractivity (Wildman–Crippen MR) is 63.6 cm³/mol. The van der Waals surface area contributed by atoms with Crippen LogP contribution in [0.25, 0.3) is 0 Å². The third-order valence-electron chi connectivity index (χ3n) is 3.43. The Kier molecular flexibility index (Phi) is 4.94. The van der Waals surface area contributed by atoms with E-state index in [1.54, 1.807) is 0 Å². The second kappa shape index (κ2) is 5.75. The van der Waals surface area contributed by atoms with Crippen LogP contribution in [0.15, 0.2) is 0 Å². The Hall–Kier alpha value is -0.0400. The zero-order valence-corrected chi connectivity index (χ0v) is 10.2. The van der Waals surface area contributed by atoms with E-state index in [1.165, 1.54) is 51.5 Å². The molecule has 1 aliphatic carbocycles. The molecule has 0 bridgehead atoms. The van der Waals surface area contributed by atoms with Crippen LogP contribution < -0.4 is 5.32 Å². The molecule has 1 rings (SSSR count). The number of hydrogen-bond acceptors (Lipinski definition) is 1. The lowest BCUT2D eigenvalue weighted by molar-refractivity contribution is 0.517. The molecule has 0 heterocycles. The first kappa shape index (κ1) is 12.0. The van der Waals surface area contributed by atoms with Gasteiger partial charge in [-0.05, 0) is 24.8 Å². The smallest absolute Gasteiger partial charge is 0.0124 e. The van der Waals surface area contributed by atoms with Gasteiger partial charge in [-0.1, -0.05) is 52.9 Å². The van der Waals surface area contributed by atoms with Gasteiger partial charge in [0, 0.05) is 6.04 Å². The summed E-state index contributed by atoms with van der Waals surface area (Å²) >= 11 is 0. The van der Waals surface area contributed by atoms with Crippen molar-refractivity contribution in [2.45, 2.75) is 71.8 Å².